The second kappa shape index (κ2) is 5.45. The van der Waals surface area contributed by atoms with Crippen molar-refractivity contribution >= 4 is 22.9 Å². The highest BCUT2D eigenvalue weighted by Gasteiger charge is 2.27. The van der Waals surface area contributed by atoms with Crippen LogP contribution < -0.4 is 11.1 Å². The van der Waals surface area contributed by atoms with E-state index in [1.807, 2.05) is 41.0 Å². The molecule has 5 rings (SSSR count). The van der Waals surface area contributed by atoms with Crippen LogP contribution in [0, 0.1) is 5.82 Å². The van der Waals surface area contributed by atoms with E-state index in [1.54, 1.807) is 12.1 Å². The minimum atomic E-state index is -0.465. The van der Waals surface area contributed by atoms with Crippen LogP contribution in [0.4, 0.5) is 10.3 Å². The van der Waals surface area contributed by atoms with Gasteiger partial charge in [0.2, 0.25) is 5.95 Å². The largest absolute Gasteiger partial charge is 0.457 e. The maximum absolute atomic E-state index is 13.1. The predicted octanol–water partition coefficient (Wildman–Crippen LogP) is 3.72. The molecule has 0 unspecified atom stereocenters. The van der Waals surface area contributed by atoms with Crippen molar-refractivity contribution in [2.24, 2.45) is 10.7 Å². The molecule has 0 saturated heterocycles. The standard InChI is InChI=1S/C19H14FN5O/c20-12-7-5-11(6-8-12)15-9-10-16(26-15)17-23-18(21)24-19-22-13-3-1-2-4-14(13)25(17)19/h1-10,17H,(H3,21,22,23,24)/t17-/m0/s1. The fourth-order valence-electron chi connectivity index (χ4n) is 3.17. The predicted molar refractivity (Wildman–Crippen MR) is 97.2 cm³/mol. The van der Waals surface area contributed by atoms with Crippen molar-refractivity contribution < 1.29 is 8.81 Å². The van der Waals surface area contributed by atoms with E-state index >= 15 is 0 Å². The summed E-state index contributed by atoms with van der Waals surface area (Å²) in [6.45, 7) is 0. The molecule has 2 aromatic heterocycles. The van der Waals surface area contributed by atoms with E-state index in [-0.39, 0.29) is 11.8 Å². The molecule has 0 aliphatic carbocycles. The molecule has 0 spiro atoms. The van der Waals surface area contributed by atoms with Crippen LogP contribution in [0.2, 0.25) is 0 Å². The van der Waals surface area contributed by atoms with Crippen LogP contribution >= 0.6 is 0 Å². The van der Waals surface area contributed by atoms with Crippen molar-refractivity contribution in [2.75, 3.05) is 5.32 Å². The van der Waals surface area contributed by atoms with Gasteiger partial charge in [0, 0.05) is 5.56 Å². The average Bonchev–Trinajstić information content (AvgIpc) is 3.26. The first-order valence-corrected chi connectivity index (χ1v) is 8.12. The summed E-state index contributed by atoms with van der Waals surface area (Å²) in [4.78, 5) is 9.05. The number of rotatable bonds is 2. The van der Waals surface area contributed by atoms with Gasteiger partial charge in [-0.2, -0.15) is 0 Å². The summed E-state index contributed by atoms with van der Waals surface area (Å²) in [5.41, 5.74) is 8.50. The first-order chi connectivity index (χ1) is 12.7. The second-order valence-electron chi connectivity index (χ2n) is 6.02. The highest BCUT2D eigenvalue weighted by atomic mass is 19.1. The van der Waals surface area contributed by atoms with Crippen molar-refractivity contribution in [3.63, 3.8) is 0 Å². The third kappa shape index (κ3) is 2.25. The first-order valence-electron chi connectivity index (χ1n) is 8.12. The lowest BCUT2D eigenvalue weighted by molar-refractivity contribution is 0.449. The highest BCUT2D eigenvalue weighted by molar-refractivity contribution is 5.94. The van der Waals surface area contributed by atoms with Crippen molar-refractivity contribution in [3.8, 4) is 11.3 Å². The van der Waals surface area contributed by atoms with Crippen LogP contribution in [-0.2, 0) is 0 Å². The number of nitrogens with zero attached hydrogens (tertiary/aromatic N) is 3. The van der Waals surface area contributed by atoms with E-state index in [0.29, 0.717) is 17.5 Å². The minimum Gasteiger partial charge on any atom is -0.457 e. The molecule has 26 heavy (non-hydrogen) atoms. The number of hydrogen-bond acceptors (Lipinski definition) is 5. The number of guanidine groups is 1. The summed E-state index contributed by atoms with van der Waals surface area (Å²) in [6.07, 6.45) is -0.465. The molecule has 1 atom stereocenters. The molecule has 0 radical (unpaired) electrons. The lowest BCUT2D eigenvalue weighted by Crippen LogP contribution is -2.31. The number of halogens is 1. The van der Waals surface area contributed by atoms with Crippen molar-refractivity contribution in [1.82, 2.24) is 9.55 Å². The Labute approximate surface area is 147 Å². The Hall–Kier alpha value is -3.61. The van der Waals surface area contributed by atoms with Gasteiger partial charge in [0.15, 0.2) is 12.1 Å². The third-order valence-corrected chi connectivity index (χ3v) is 4.35. The summed E-state index contributed by atoms with van der Waals surface area (Å²) in [6, 6.07) is 17.6. The van der Waals surface area contributed by atoms with Crippen molar-refractivity contribution in [2.45, 2.75) is 6.17 Å². The monoisotopic (exact) mass is 347 g/mol. The number of anilines is 1. The maximum atomic E-state index is 13.1. The maximum Gasteiger partial charge on any atom is 0.212 e. The number of aromatic nitrogens is 2. The third-order valence-electron chi connectivity index (χ3n) is 4.35. The Morgan fingerprint density at radius 2 is 1.85 bits per heavy atom. The van der Waals surface area contributed by atoms with E-state index in [0.717, 1.165) is 16.6 Å². The Morgan fingerprint density at radius 1 is 1.04 bits per heavy atom. The van der Waals surface area contributed by atoms with Gasteiger partial charge in [-0.05, 0) is 48.5 Å². The van der Waals surface area contributed by atoms with Gasteiger partial charge >= 0.3 is 0 Å². The highest BCUT2D eigenvalue weighted by Crippen LogP contribution is 2.34. The van der Waals surface area contributed by atoms with Gasteiger partial charge in [0.25, 0.3) is 0 Å². The molecule has 1 aliphatic heterocycles. The number of aliphatic imine (C=N–C) groups is 1. The molecule has 3 heterocycles. The molecule has 0 saturated carbocycles. The molecular formula is C19H14FN5O. The fraction of sp³-hybridized carbons (Fsp3) is 0.0526. The molecule has 0 fully saturated rings. The Kier molecular flexibility index (Phi) is 3.08. The SMILES string of the molecule is NC1=N[C@H](c2ccc(-c3ccc(F)cc3)o2)n2c(nc3ccccc32)N1. The number of nitrogens with two attached hydrogens (primary N) is 1. The summed E-state index contributed by atoms with van der Waals surface area (Å²) in [5, 5.41) is 2.99. The van der Waals surface area contributed by atoms with Crippen LogP contribution in [0.5, 0.6) is 0 Å². The lowest BCUT2D eigenvalue weighted by atomic mass is 10.2. The molecule has 0 bridgehead atoms. The van der Waals surface area contributed by atoms with Gasteiger partial charge < -0.3 is 10.2 Å². The second-order valence-corrected chi connectivity index (χ2v) is 6.02. The topological polar surface area (TPSA) is 81.4 Å². The van der Waals surface area contributed by atoms with E-state index < -0.39 is 6.17 Å². The van der Waals surface area contributed by atoms with Gasteiger partial charge in [-0.3, -0.25) is 9.88 Å². The number of furan rings is 1. The average molecular weight is 347 g/mol. The van der Waals surface area contributed by atoms with Crippen LogP contribution in [0.1, 0.15) is 11.9 Å². The molecule has 6 nitrogen and oxygen atoms in total. The van der Waals surface area contributed by atoms with E-state index in [1.165, 1.54) is 12.1 Å². The van der Waals surface area contributed by atoms with Crippen molar-refractivity contribution in [3.05, 3.63) is 72.2 Å². The van der Waals surface area contributed by atoms with Gasteiger partial charge in [-0.25, -0.2) is 14.4 Å². The zero-order chi connectivity index (χ0) is 17.7. The molecule has 1 aliphatic rings. The zero-order valence-electron chi connectivity index (χ0n) is 13.6. The molecule has 7 heteroatoms. The Balaban J connectivity index is 1.62. The zero-order valence-corrected chi connectivity index (χ0v) is 13.6. The number of hydrogen-bond donors (Lipinski definition) is 2. The Bertz CT molecular complexity index is 1140. The van der Waals surface area contributed by atoms with Crippen LogP contribution in [0.25, 0.3) is 22.4 Å². The number of nitrogens with one attached hydrogen (secondary N) is 1. The van der Waals surface area contributed by atoms with Crippen molar-refractivity contribution in [1.29, 1.82) is 0 Å². The summed E-state index contributed by atoms with van der Waals surface area (Å²) < 4.78 is 21.1. The van der Waals surface area contributed by atoms with Gasteiger partial charge in [-0.15, -0.1) is 0 Å². The Morgan fingerprint density at radius 3 is 2.69 bits per heavy atom. The fourth-order valence-corrected chi connectivity index (χ4v) is 3.17. The summed E-state index contributed by atoms with van der Waals surface area (Å²) in [5.74, 6) is 1.86. The van der Waals surface area contributed by atoms with Gasteiger partial charge in [0.05, 0.1) is 11.0 Å². The van der Waals surface area contributed by atoms with Gasteiger partial charge in [-0.1, -0.05) is 12.1 Å². The van der Waals surface area contributed by atoms with E-state index in [4.69, 9.17) is 10.2 Å². The van der Waals surface area contributed by atoms with E-state index in [9.17, 15) is 4.39 Å². The molecule has 4 aromatic rings. The van der Waals surface area contributed by atoms with Crippen LogP contribution in [0.15, 0.2) is 70.1 Å². The quantitative estimate of drug-likeness (QED) is 0.579. The number of imidazole rings is 1. The summed E-state index contributed by atoms with van der Waals surface area (Å²) in [7, 11) is 0. The van der Waals surface area contributed by atoms with Gasteiger partial charge in [0.1, 0.15) is 17.3 Å². The first kappa shape index (κ1) is 14.7. The van der Waals surface area contributed by atoms with Crippen LogP contribution in [0.3, 0.4) is 0 Å². The molecule has 128 valence electrons. The normalized spacial score (nSPS) is 16.2. The van der Waals surface area contributed by atoms with E-state index in [2.05, 4.69) is 15.3 Å². The van der Waals surface area contributed by atoms with Crippen LogP contribution in [-0.4, -0.2) is 15.5 Å². The molecule has 0 amide bonds. The number of benzene rings is 2. The number of fused-ring (bicyclic) bond motifs is 3. The number of para-hydroxylation sites is 2. The minimum absolute atomic E-state index is 0.275. The molecular weight excluding hydrogens is 333 g/mol. The lowest BCUT2D eigenvalue weighted by Gasteiger charge is -2.21. The molecule has 3 N–H and O–H groups in total. The molecule has 2 aromatic carbocycles. The summed E-state index contributed by atoms with van der Waals surface area (Å²) >= 11 is 0. The smallest absolute Gasteiger partial charge is 0.212 e.